The number of aromatic nitrogens is 4. The lowest BCUT2D eigenvalue weighted by Crippen LogP contribution is -2.55. The van der Waals surface area contributed by atoms with Crippen LogP contribution >= 0.6 is 15.9 Å². The number of hydrogen-bond donors (Lipinski definition) is 1. The lowest BCUT2D eigenvalue weighted by Gasteiger charge is -2.42. The van der Waals surface area contributed by atoms with Crippen LogP contribution in [0.25, 0.3) is 11.0 Å². The summed E-state index contributed by atoms with van der Waals surface area (Å²) < 4.78 is 2.54. The number of fused-ring (bicyclic) bond motifs is 1. The van der Waals surface area contributed by atoms with Crippen LogP contribution in [0.3, 0.4) is 0 Å². The van der Waals surface area contributed by atoms with Crippen molar-refractivity contribution >= 4 is 32.8 Å². The minimum absolute atomic E-state index is 0.302. The highest BCUT2D eigenvalue weighted by atomic mass is 79.9. The molecule has 1 saturated heterocycles. The Hall–Kier alpha value is -1.25. The number of halogens is 1. The van der Waals surface area contributed by atoms with Crippen LogP contribution in [0, 0.1) is 0 Å². The molecule has 0 bridgehead atoms. The first-order valence-corrected chi connectivity index (χ1v) is 8.60. The molecule has 1 atom stereocenters. The van der Waals surface area contributed by atoms with E-state index in [-0.39, 0.29) is 0 Å². The van der Waals surface area contributed by atoms with Crippen molar-refractivity contribution in [3.8, 4) is 0 Å². The minimum atomic E-state index is -0.670. The molecule has 0 aromatic carbocycles. The van der Waals surface area contributed by atoms with Gasteiger partial charge in [-0.3, -0.25) is 4.90 Å². The molecular weight excluding hydrogens is 360 g/mol. The third kappa shape index (κ3) is 3.34. The van der Waals surface area contributed by atoms with E-state index in [2.05, 4.69) is 47.7 Å². The van der Waals surface area contributed by atoms with E-state index in [1.54, 1.807) is 11.0 Å². The first-order valence-electron chi connectivity index (χ1n) is 7.81. The van der Waals surface area contributed by atoms with Crippen molar-refractivity contribution in [3.05, 3.63) is 10.9 Å². The molecule has 2 aromatic rings. The van der Waals surface area contributed by atoms with E-state index in [0.29, 0.717) is 12.6 Å². The Balaban J connectivity index is 1.87. The lowest BCUT2D eigenvalue weighted by molar-refractivity contribution is 0.0307. The highest BCUT2D eigenvalue weighted by Gasteiger charge is 2.29. The topological polar surface area (TPSA) is 70.3 Å². The number of hydrogen-bond acceptors (Lipinski definition) is 6. The average Bonchev–Trinajstić information content (AvgIpc) is 2.73. The molecule has 0 spiro atoms. The first kappa shape index (κ1) is 16.6. The van der Waals surface area contributed by atoms with Crippen molar-refractivity contribution in [1.29, 1.82) is 0 Å². The Labute approximate surface area is 144 Å². The molecule has 1 fully saturated rings. The van der Waals surface area contributed by atoms with Crippen molar-refractivity contribution < 1.29 is 5.11 Å². The number of rotatable bonds is 3. The third-order valence-electron chi connectivity index (χ3n) is 4.15. The SMILES string of the molecule is CC1CN(CC(C)(C)O)CCN1c1ncnc2c1c(Br)nn2C. The summed E-state index contributed by atoms with van der Waals surface area (Å²) in [6.45, 7) is 9.24. The molecule has 1 aliphatic rings. The molecule has 3 heterocycles. The van der Waals surface area contributed by atoms with Crippen LogP contribution in [0.15, 0.2) is 10.9 Å². The van der Waals surface area contributed by atoms with Crippen LogP contribution in [0.2, 0.25) is 0 Å². The normalized spacial score (nSPS) is 20.4. The summed E-state index contributed by atoms with van der Waals surface area (Å²) in [6, 6.07) is 0.302. The Morgan fingerprint density at radius 1 is 1.35 bits per heavy atom. The van der Waals surface area contributed by atoms with Gasteiger partial charge < -0.3 is 10.0 Å². The van der Waals surface area contributed by atoms with Gasteiger partial charge in [0, 0.05) is 39.3 Å². The van der Waals surface area contributed by atoms with Gasteiger partial charge in [0.25, 0.3) is 0 Å². The van der Waals surface area contributed by atoms with E-state index in [9.17, 15) is 5.11 Å². The number of aryl methyl sites for hydroxylation is 1. The Morgan fingerprint density at radius 3 is 2.74 bits per heavy atom. The van der Waals surface area contributed by atoms with Crippen LogP contribution in [0.4, 0.5) is 5.82 Å². The molecule has 7 nitrogen and oxygen atoms in total. The number of anilines is 1. The minimum Gasteiger partial charge on any atom is -0.389 e. The van der Waals surface area contributed by atoms with Gasteiger partial charge in [-0.15, -0.1) is 0 Å². The number of nitrogens with zero attached hydrogens (tertiary/aromatic N) is 6. The second-order valence-electron chi connectivity index (χ2n) is 6.90. The fourth-order valence-corrected chi connectivity index (χ4v) is 3.88. The zero-order valence-electron chi connectivity index (χ0n) is 14.0. The van der Waals surface area contributed by atoms with Crippen LogP contribution in [0.1, 0.15) is 20.8 Å². The molecular formula is C15H23BrN6O. The zero-order valence-corrected chi connectivity index (χ0v) is 15.6. The van der Waals surface area contributed by atoms with Gasteiger partial charge in [-0.2, -0.15) is 5.10 Å². The van der Waals surface area contributed by atoms with E-state index in [1.165, 1.54) is 0 Å². The third-order valence-corrected chi connectivity index (χ3v) is 4.71. The molecule has 8 heteroatoms. The quantitative estimate of drug-likeness (QED) is 0.865. The van der Waals surface area contributed by atoms with Gasteiger partial charge in [-0.05, 0) is 36.7 Å². The molecule has 0 aliphatic carbocycles. The van der Waals surface area contributed by atoms with Crippen LogP contribution < -0.4 is 4.90 Å². The summed E-state index contributed by atoms with van der Waals surface area (Å²) in [6.07, 6.45) is 1.60. The summed E-state index contributed by atoms with van der Waals surface area (Å²) in [5.41, 5.74) is 0.157. The first-order chi connectivity index (χ1) is 10.8. The van der Waals surface area contributed by atoms with Crippen molar-refractivity contribution in [3.63, 3.8) is 0 Å². The number of aliphatic hydroxyl groups is 1. The van der Waals surface area contributed by atoms with Crippen molar-refractivity contribution in [1.82, 2.24) is 24.6 Å². The van der Waals surface area contributed by atoms with Gasteiger partial charge in [-0.25, -0.2) is 14.6 Å². The maximum Gasteiger partial charge on any atom is 0.164 e. The second kappa shape index (κ2) is 5.99. The van der Waals surface area contributed by atoms with Gasteiger partial charge in [0.15, 0.2) is 5.65 Å². The van der Waals surface area contributed by atoms with Gasteiger partial charge >= 0.3 is 0 Å². The molecule has 2 aromatic heterocycles. The zero-order chi connectivity index (χ0) is 16.8. The van der Waals surface area contributed by atoms with E-state index in [0.717, 1.165) is 41.1 Å². The van der Waals surface area contributed by atoms with Gasteiger partial charge in [0.1, 0.15) is 16.7 Å². The molecule has 0 radical (unpaired) electrons. The molecule has 1 N–H and O–H groups in total. The number of β-amino-alcohol motifs (C(OH)–C–C–N with tert-alkyl or cyclic N) is 1. The summed E-state index contributed by atoms with van der Waals surface area (Å²) in [7, 11) is 1.88. The fraction of sp³-hybridized carbons (Fsp3) is 0.667. The Morgan fingerprint density at radius 2 is 2.09 bits per heavy atom. The predicted molar refractivity (Wildman–Crippen MR) is 93.5 cm³/mol. The van der Waals surface area contributed by atoms with E-state index < -0.39 is 5.60 Å². The predicted octanol–water partition coefficient (Wildman–Crippen LogP) is 1.41. The molecule has 0 saturated carbocycles. The van der Waals surface area contributed by atoms with E-state index in [4.69, 9.17) is 0 Å². The largest absolute Gasteiger partial charge is 0.389 e. The molecule has 126 valence electrons. The van der Waals surface area contributed by atoms with Gasteiger partial charge in [0.05, 0.1) is 11.0 Å². The molecule has 1 unspecified atom stereocenters. The second-order valence-corrected chi connectivity index (χ2v) is 7.65. The molecule has 0 amide bonds. The highest BCUT2D eigenvalue weighted by molar-refractivity contribution is 9.10. The summed E-state index contributed by atoms with van der Waals surface area (Å²) >= 11 is 3.52. The molecule has 23 heavy (non-hydrogen) atoms. The average molecular weight is 383 g/mol. The fourth-order valence-electron chi connectivity index (χ4n) is 3.28. The number of piperazine rings is 1. The van der Waals surface area contributed by atoms with Crippen LogP contribution in [-0.4, -0.2) is 67.6 Å². The smallest absolute Gasteiger partial charge is 0.164 e. The van der Waals surface area contributed by atoms with Crippen molar-refractivity contribution in [2.75, 3.05) is 31.1 Å². The van der Waals surface area contributed by atoms with Gasteiger partial charge in [0.2, 0.25) is 0 Å². The molecule has 3 rings (SSSR count). The van der Waals surface area contributed by atoms with Gasteiger partial charge in [-0.1, -0.05) is 0 Å². The maximum atomic E-state index is 10.0. The van der Waals surface area contributed by atoms with Crippen LogP contribution in [0.5, 0.6) is 0 Å². The summed E-state index contributed by atoms with van der Waals surface area (Å²) in [5.74, 6) is 0.922. The van der Waals surface area contributed by atoms with Crippen LogP contribution in [-0.2, 0) is 7.05 Å². The molecule has 1 aliphatic heterocycles. The lowest BCUT2D eigenvalue weighted by atomic mass is 10.1. The van der Waals surface area contributed by atoms with E-state index >= 15 is 0 Å². The monoisotopic (exact) mass is 382 g/mol. The standard InChI is InChI=1S/C15H23BrN6O/c1-10-7-21(8-15(2,3)23)5-6-22(10)14-11-12(16)19-20(4)13(11)17-9-18-14/h9-10,23H,5-8H2,1-4H3. The van der Waals surface area contributed by atoms with E-state index in [1.807, 2.05) is 20.9 Å². The Kier molecular flexibility index (Phi) is 4.33. The van der Waals surface area contributed by atoms with Crippen molar-refractivity contribution in [2.45, 2.75) is 32.4 Å². The maximum absolute atomic E-state index is 10.0. The summed E-state index contributed by atoms with van der Waals surface area (Å²) in [4.78, 5) is 13.5. The highest BCUT2D eigenvalue weighted by Crippen LogP contribution is 2.31. The summed E-state index contributed by atoms with van der Waals surface area (Å²) in [5, 5.41) is 15.4. The Bertz CT molecular complexity index is 710. The van der Waals surface area contributed by atoms with Crippen molar-refractivity contribution in [2.24, 2.45) is 7.05 Å².